The molecule has 7 nitrogen and oxygen atoms in total. The third-order valence-electron chi connectivity index (χ3n) is 6.03. The first-order valence-corrected chi connectivity index (χ1v) is 10.3. The molecule has 7 heteroatoms. The Bertz CT molecular complexity index is 1200. The van der Waals surface area contributed by atoms with E-state index < -0.39 is 0 Å². The molecule has 1 saturated heterocycles. The summed E-state index contributed by atoms with van der Waals surface area (Å²) in [5.41, 5.74) is 8.32. The third kappa shape index (κ3) is 3.70. The van der Waals surface area contributed by atoms with Crippen LogP contribution >= 0.6 is 0 Å². The first-order valence-electron chi connectivity index (χ1n) is 10.3. The number of imidazole rings is 1. The number of hydrogen-bond donors (Lipinski definition) is 1. The van der Waals surface area contributed by atoms with Crippen molar-refractivity contribution in [2.45, 2.75) is 28.2 Å². The van der Waals surface area contributed by atoms with Gasteiger partial charge in [-0.05, 0) is 57.1 Å². The number of fused-ring (bicyclic) bond motifs is 1. The van der Waals surface area contributed by atoms with E-state index in [9.17, 15) is 0 Å². The molecule has 0 aliphatic carbocycles. The van der Waals surface area contributed by atoms with Gasteiger partial charge in [-0.15, -0.1) is 0 Å². The molecule has 0 bridgehead atoms. The molecule has 1 aliphatic heterocycles. The molecular formula is C24H30N6O. The van der Waals surface area contributed by atoms with E-state index in [1.54, 1.807) is 0 Å². The first kappa shape index (κ1) is 21.1. The second-order valence-corrected chi connectivity index (χ2v) is 8.16. The zero-order valence-corrected chi connectivity index (χ0v) is 17.9. The van der Waals surface area contributed by atoms with Gasteiger partial charge in [0.2, 0.25) is 5.95 Å². The molecule has 0 atom stereocenters. The van der Waals surface area contributed by atoms with Gasteiger partial charge in [-0.25, -0.2) is 4.98 Å². The van der Waals surface area contributed by atoms with Gasteiger partial charge in [0.1, 0.15) is 5.76 Å². The molecule has 1 fully saturated rings. The number of nitrogens with one attached hydrogen (secondary N) is 1. The monoisotopic (exact) mass is 418 g/mol. The van der Waals surface area contributed by atoms with Gasteiger partial charge >= 0.3 is 0 Å². The van der Waals surface area contributed by atoms with Crippen LogP contribution < -0.4 is 4.90 Å². The Labute approximate surface area is 183 Å². The van der Waals surface area contributed by atoms with Gasteiger partial charge in [0.15, 0.2) is 0 Å². The van der Waals surface area contributed by atoms with Crippen LogP contribution in [-0.4, -0.2) is 58.2 Å². The molecule has 3 aromatic heterocycles. The summed E-state index contributed by atoms with van der Waals surface area (Å²) >= 11 is 0. The number of piperazine rings is 1. The summed E-state index contributed by atoms with van der Waals surface area (Å²) in [7, 11) is 2.16. The van der Waals surface area contributed by atoms with E-state index in [2.05, 4.69) is 51.0 Å². The van der Waals surface area contributed by atoms with E-state index in [1.165, 1.54) is 5.56 Å². The highest BCUT2D eigenvalue weighted by Gasteiger charge is 2.21. The second-order valence-electron chi connectivity index (χ2n) is 8.16. The number of anilines is 1. The van der Waals surface area contributed by atoms with Crippen molar-refractivity contribution >= 4 is 17.0 Å². The average molecular weight is 419 g/mol. The highest BCUT2D eigenvalue weighted by Crippen LogP contribution is 2.37. The Kier molecular flexibility index (Phi) is 5.54. The van der Waals surface area contributed by atoms with Crippen LogP contribution in [0, 0.1) is 20.8 Å². The highest BCUT2D eigenvalue weighted by molar-refractivity contribution is 5.98. The Hall–Kier alpha value is -3.19. The number of aryl methyl sites for hydroxylation is 3. The SMILES string of the molecule is C.Cc1ccncc1-c1cc(-c2c(C)noc2C)cc2[nH]c(N3CCN(C)CC3)nc12. The van der Waals surface area contributed by atoms with Crippen LogP contribution in [0.1, 0.15) is 24.4 Å². The summed E-state index contributed by atoms with van der Waals surface area (Å²) < 4.78 is 5.44. The van der Waals surface area contributed by atoms with Gasteiger partial charge in [0, 0.05) is 55.3 Å². The molecule has 4 aromatic rings. The maximum atomic E-state index is 5.44. The summed E-state index contributed by atoms with van der Waals surface area (Å²) in [6.45, 7) is 10.1. The second kappa shape index (κ2) is 8.15. The Morgan fingerprint density at radius 3 is 2.48 bits per heavy atom. The van der Waals surface area contributed by atoms with Crippen LogP contribution in [-0.2, 0) is 0 Å². The molecule has 1 N–H and O–H groups in total. The fraction of sp³-hybridized carbons (Fsp3) is 0.375. The molecular weight excluding hydrogens is 388 g/mol. The van der Waals surface area contributed by atoms with E-state index >= 15 is 0 Å². The fourth-order valence-corrected chi connectivity index (χ4v) is 4.26. The minimum absolute atomic E-state index is 0. The normalized spacial score (nSPS) is 14.8. The van der Waals surface area contributed by atoms with Crippen LogP contribution in [0.3, 0.4) is 0 Å². The average Bonchev–Trinajstić information content (AvgIpc) is 3.31. The van der Waals surface area contributed by atoms with Gasteiger partial charge in [0.05, 0.1) is 16.7 Å². The molecule has 0 saturated carbocycles. The summed E-state index contributed by atoms with van der Waals surface area (Å²) in [5, 5.41) is 4.15. The maximum absolute atomic E-state index is 5.44. The Morgan fingerprint density at radius 1 is 1.03 bits per heavy atom. The quantitative estimate of drug-likeness (QED) is 0.524. The van der Waals surface area contributed by atoms with Crippen molar-refractivity contribution in [3.63, 3.8) is 0 Å². The lowest BCUT2D eigenvalue weighted by Gasteiger charge is -2.32. The van der Waals surface area contributed by atoms with Crippen molar-refractivity contribution in [2.75, 3.05) is 38.1 Å². The van der Waals surface area contributed by atoms with Gasteiger partial charge < -0.3 is 19.3 Å². The van der Waals surface area contributed by atoms with Crippen molar-refractivity contribution in [1.82, 2.24) is 25.0 Å². The summed E-state index contributed by atoms with van der Waals surface area (Å²) in [5.74, 6) is 1.75. The number of pyridine rings is 1. The molecule has 1 aromatic carbocycles. The minimum atomic E-state index is 0. The van der Waals surface area contributed by atoms with E-state index in [0.717, 1.165) is 76.9 Å². The largest absolute Gasteiger partial charge is 0.361 e. The van der Waals surface area contributed by atoms with Crippen LogP contribution in [0.15, 0.2) is 35.1 Å². The van der Waals surface area contributed by atoms with Crippen LogP contribution in [0.2, 0.25) is 0 Å². The van der Waals surface area contributed by atoms with Crippen LogP contribution in [0.4, 0.5) is 5.95 Å². The van der Waals surface area contributed by atoms with Gasteiger partial charge in [-0.1, -0.05) is 12.6 Å². The fourth-order valence-electron chi connectivity index (χ4n) is 4.26. The summed E-state index contributed by atoms with van der Waals surface area (Å²) in [6.07, 6.45) is 3.75. The first-order chi connectivity index (χ1) is 14.5. The van der Waals surface area contributed by atoms with Crippen molar-refractivity contribution in [3.8, 4) is 22.3 Å². The topological polar surface area (TPSA) is 74.1 Å². The minimum Gasteiger partial charge on any atom is -0.361 e. The lowest BCUT2D eigenvalue weighted by atomic mass is 9.95. The zero-order valence-electron chi connectivity index (χ0n) is 17.9. The van der Waals surface area contributed by atoms with Crippen molar-refractivity contribution < 1.29 is 4.52 Å². The van der Waals surface area contributed by atoms with Crippen molar-refractivity contribution in [2.24, 2.45) is 0 Å². The van der Waals surface area contributed by atoms with E-state index in [-0.39, 0.29) is 7.43 Å². The molecule has 0 radical (unpaired) electrons. The smallest absolute Gasteiger partial charge is 0.203 e. The molecule has 0 unspecified atom stereocenters. The highest BCUT2D eigenvalue weighted by atomic mass is 16.5. The molecule has 1 aliphatic rings. The van der Waals surface area contributed by atoms with Gasteiger partial charge in [0.25, 0.3) is 0 Å². The third-order valence-corrected chi connectivity index (χ3v) is 6.03. The number of likely N-dealkylation sites (N-methyl/N-ethyl adjacent to an activating group) is 1. The van der Waals surface area contributed by atoms with Crippen molar-refractivity contribution in [3.05, 3.63) is 47.6 Å². The number of nitrogens with zero attached hydrogens (tertiary/aromatic N) is 5. The molecule has 31 heavy (non-hydrogen) atoms. The summed E-state index contributed by atoms with van der Waals surface area (Å²) in [4.78, 5) is 17.7. The Morgan fingerprint density at radius 2 is 1.81 bits per heavy atom. The molecule has 0 amide bonds. The number of rotatable bonds is 3. The standard InChI is InChI=1S/C23H26N6O.CH4/c1-14-5-6-24-13-19(14)18-11-17(21-15(2)27-30-16(21)3)12-20-22(18)26-23(25-20)29-9-7-28(4)8-10-29;/h5-6,11-13H,7-10H2,1-4H3,(H,25,26);1H4. The van der Waals surface area contributed by atoms with Gasteiger partial charge in [-0.3, -0.25) is 4.98 Å². The number of aromatic amines is 1. The van der Waals surface area contributed by atoms with E-state index in [0.29, 0.717) is 0 Å². The molecule has 0 spiro atoms. The maximum Gasteiger partial charge on any atom is 0.203 e. The van der Waals surface area contributed by atoms with Crippen molar-refractivity contribution in [1.29, 1.82) is 0 Å². The molecule has 4 heterocycles. The predicted octanol–water partition coefficient (Wildman–Crippen LogP) is 4.59. The lowest BCUT2D eigenvalue weighted by Crippen LogP contribution is -2.44. The summed E-state index contributed by atoms with van der Waals surface area (Å²) in [6, 6.07) is 6.38. The molecule has 162 valence electrons. The van der Waals surface area contributed by atoms with Crippen LogP contribution in [0.25, 0.3) is 33.3 Å². The molecule has 5 rings (SSSR count). The van der Waals surface area contributed by atoms with E-state index in [1.807, 2.05) is 32.3 Å². The van der Waals surface area contributed by atoms with Crippen LogP contribution in [0.5, 0.6) is 0 Å². The number of hydrogen-bond acceptors (Lipinski definition) is 6. The lowest BCUT2D eigenvalue weighted by molar-refractivity contribution is 0.311. The number of H-pyrrole nitrogens is 1. The number of benzene rings is 1. The van der Waals surface area contributed by atoms with E-state index in [4.69, 9.17) is 9.51 Å². The Balaban J connectivity index is 0.00000231. The zero-order chi connectivity index (χ0) is 20.8. The van der Waals surface area contributed by atoms with Gasteiger partial charge in [-0.2, -0.15) is 0 Å². The number of aromatic nitrogens is 4. The predicted molar refractivity (Wildman–Crippen MR) is 125 cm³/mol.